The third-order valence-corrected chi connectivity index (χ3v) is 5.55. The fourth-order valence-electron chi connectivity index (χ4n) is 3.84. The van der Waals surface area contributed by atoms with Crippen LogP contribution in [-0.4, -0.2) is 21.6 Å². The number of benzene rings is 2. The van der Waals surface area contributed by atoms with Gasteiger partial charge in [0.1, 0.15) is 11.2 Å². The van der Waals surface area contributed by atoms with Gasteiger partial charge in [-0.3, -0.25) is 9.59 Å². The van der Waals surface area contributed by atoms with Gasteiger partial charge in [-0.05, 0) is 48.0 Å². The first-order chi connectivity index (χ1) is 13.0. The third kappa shape index (κ3) is 2.23. The van der Waals surface area contributed by atoms with Gasteiger partial charge in [-0.25, -0.2) is 4.68 Å². The van der Waals surface area contributed by atoms with Crippen molar-refractivity contribution in [1.29, 1.82) is 0 Å². The van der Waals surface area contributed by atoms with E-state index in [4.69, 9.17) is 23.2 Å². The van der Waals surface area contributed by atoms with Gasteiger partial charge in [0.25, 0.3) is 0 Å². The van der Waals surface area contributed by atoms with Gasteiger partial charge < -0.3 is 10.6 Å². The SMILES string of the molecule is O=C1C[C@]2(C(=O)Nc3ccc(Cl)cc32)c2cnn(-c3ccc(Cl)cc3)c2N1. The largest absolute Gasteiger partial charge is 0.325 e. The number of nitrogens with one attached hydrogen (secondary N) is 2. The number of carbonyl (C=O) groups is 2. The lowest BCUT2D eigenvalue weighted by Gasteiger charge is -2.31. The molecule has 27 heavy (non-hydrogen) atoms. The normalized spacial score (nSPS) is 20.2. The van der Waals surface area contributed by atoms with Crippen LogP contribution in [0.25, 0.3) is 5.69 Å². The van der Waals surface area contributed by atoms with Crippen LogP contribution < -0.4 is 10.6 Å². The summed E-state index contributed by atoms with van der Waals surface area (Å²) in [6.45, 7) is 0. The van der Waals surface area contributed by atoms with E-state index < -0.39 is 5.41 Å². The maximum Gasteiger partial charge on any atom is 0.240 e. The van der Waals surface area contributed by atoms with Crippen molar-refractivity contribution in [3.05, 3.63) is 69.8 Å². The van der Waals surface area contributed by atoms with Crippen LogP contribution in [0.2, 0.25) is 10.0 Å². The molecular formula is C19H12Cl2N4O2. The number of carbonyl (C=O) groups excluding carboxylic acids is 2. The highest BCUT2D eigenvalue weighted by atomic mass is 35.5. The van der Waals surface area contributed by atoms with Gasteiger partial charge in [0, 0.05) is 27.7 Å². The molecule has 0 radical (unpaired) electrons. The number of hydrogen-bond acceptors (Lipinski definition) is 3. The molecule has 5 rings (SSSR count). The Balaban J connectivity index is 1.76. The number of rotatable bonds is 1. The Bertz CT molecular complexity index is 1120. The molecule has 0 unspecified atom stereocenters. The van der Waals surface area contributed by atoms with Gasteiger partial charge in [-0.15, -0.1) is 0 Å². The van der Waals surface area contributed by atoms with Crippen LogP contribution in [0.1, 0.15) is 17.5 Å². The van der Waals surface area contributed by atoms with Gasteiger partial charge >= 0.3 is 0 Å². The molecule has 2 aliphatic rings. The van der Waals surface area contributed by atoms with Crippen LogP contribution in [0.5, 0.6) is 0 Å². The lowest BCUT2D eigenvalue weighted by molar-refractivity contribution is -0.125. The summed E-state index contributed by atoms with van der Waals surface area (Å²) in [5.41, 5.74) is 1.55. The van der Waals surface area contributed by atoms with E-state index in [0.717, 1.165) is 5.69 Å². The Morgan fingerprint density at radius 2 is 1.70 bits per heavy atom. The summed E-state index contributed by atoms with van der Waals surface area (Å²) in [5, 5.41) is 11.3. The fourth-order valence-corrected chi connectivity index (χ4v) is 4.14. The average Bonchev–Trinajstić information content (AvgIpc) is 3.17. The fraction of sp³-hybridized carbons (Fsp3) is 0.105. The molecule has 1 aromatic heterocycles. The zero-order chi connectivity index (χ0) is 18.8. The van der Waals surface area contributed by atoms with Gasteiger partial charge in [0.15, 0.2) is 0 Å². The van der Waals surface area contributed by atoms with Crippen LogP contribution in [0.3, 0.4) is 0 Å². The number of nitrogens with zero attached hydrogens (tertiary/aromatic N) is 2. The molecule has 3 heterocycles. The molecule has 2 aliphatic heterocycles. The van der Waals surface area contributed by atoms with Gasteiger partial charge in [-0.1, -0.05) is 23.2 Å². The number of aromatic nitrogens is 2. The number of anilines is 2. The molecule has 0 fully saturated rings. The Labute approximate surface area is 164 Å². The Morgan fingerprint density at radius 3 is 2.48 bits per heavy atom. The summed E-state index contributed by atoms with van der Waals surface area (Å²) in [5.74, 6) is -0.0516. The minimum absolute atomic E-state index is 0.00845. The highest BCUT2D eigenvalue weighted by molar-refractivity contribution is 6.31. The second-order valence-electron chi connectivity index (χ2n) is 6.57. The van der Waals surface area contributed by atoms with Gasteiger partial charge in [0.05, 0.1) is 11.9 Å². The second kappa shape index (κ2) is 5.58. The van der Waals surface area contributed by atoms with E-state index in [1.54, 1.807) is 53.3 Å². The molecule has 0 aliphatic carbocycles. The highest BCUT2D eigenvalue weighted by Gasteiger charge is 2.54. The molecule has 134 valence electrons. The lowest BCUT2D eigenvalue weighted by atomic mass is 9.72. The molecule has 0 saturated carbocycles. The molecule has 3 aromatic rings. The van der Waals surface area contributed by atoms with Crippen molar-refractivity contribution in [1.82, 2.24) is 9.78 Å². The quantitative estimate of drug-likeness (QED) is 0.654. The van der Waals surface area contributed by atoms with Crippen LogP contribution in [0.15, 0.2) is 48.7 Å². The van der Waals surface area contributed by atoms with Crippen LogP contribution >= 0.6 is 23.2 Å². The van der Waals surface area contributed by atoms with E-state index in [9.17, 15) is 9.59 Å². The van der Waals surface area contributed by atoms with E-state index in [1.807, 2.05) is 0 Å². The van der Waals surface area contributed by atoms with E-state index >= 15 is 0 Å². The summed E-state index contributed by atoms with van der Waals surface area (Å²) in [4.78, 5) is 25.6. The third-order valence-electron chi connectivity index (χ3n) is 5.06. The van der Waals surface area contributed by atoms with E-state index in [1.165, 1.54) is 0 Å². The monoisotopic (exact) mass is 398 g/mol. The minimum Gasteiger partial charge on any atom is -0.325 e. The molecule has 2 amide bonds. The van der Waals surface area contributed by atoms with Crippen molar-refractivity contribution < 1.29 is 9.59 Å². The lowest BCUT2D eigenvalue weighted by Crippen LogP contribution is -2.43. The minimum atomic E-state index is -1.15. The molecule has 8 heteroatoms. The van der Waals surface area contributed by atoms with Gasteiger partial charge in [-0.2, -0.15) is 5.10 Å². The standard InChI is InChI=1S/C19H12Cl2N4O2/c20-10-1-4-12(5-2-10)25-17-14(9-22-25)19(8-16(26)24-17)13-7-11(21)3-6-15(13)23-18(19)27/h1-7,9H,8H2,(H,23,27)(H,24,26)/t19-/m1/s1. The van der Waals surface area contributed by atoms with Crippen molar-refractivity contribution in [2.24, 2.45) is 0 Å². The van der Waals surface area contributed by atoms with Crippen molar-refractivity contribution in [2.75, 3.05) is 10.6 Å². The summed E-state index contributed by atoms with van der Waals surface area (Å²) in [7, 11) is 0. The molecule has 2 aromatic carbocycles. The first-order valence-electron chi connectivity index (χ1n) is 8.25. The first-order valence-corrected chi connectivity index (χ1v) is 9.00. The summed E-state index contributed by atoms with van der Waals surface area (Å²) >= 11 is 12.1. The topological polar surface area (TPSA) is 76.0 Å². The average molecular weight is 399 g/mol. The molecule has 0 bridgehead atoms. The van der Waals surface area contributed by atoms with Crippen molar-refractivity contribution in [3.8, 4) is 5.69 Å². The van der Waals surface area contributed by atoms with Crippen molar-refractivity contribution in [2.45, 2.75) is 11.8 Å². The summed E-state index contributed by atoms with van der Waals surface area (Å²) in [6.07, 6.45) is 1.62. The smallest absolute Gasteiger partial charge is 0.240 e. The zero-order valence-electron chi connectivity index (χ0n) is 13.8. The number of amides is 2. The number of halogens is 2. The maximum atomic E-state index is 13.0. The molecule has 1 spiro atoms. The molecule has 1 atom stereocenters. The predicted octanol–water partition coefficient (Wildman–Crippen LogP) is 3.76. The molecular weight excluding hydrogens is 387 g/mol. The van der Waals surface area contributed by atoms with Crippen molar-refractivity contribution in [3.63, 3.8) is 0 Å². The van der Waals surface area contributed by atoms with Crippen LogP contribution in [0.4, 0.5) is 11.5 Å². The number of hydrogen-bond donors (Lipinski definition) is 2. The predicted molar refractivity (Wildman–Crippen MR) is 103 cm³/mol. The summed E-state index contributed by atoms with van der Waals surface area (Å²) < 4.78 is 1.60. The Hall–Kier alpha value is -2.83. The molecule has 6 nitrogen and oxygen atoms in total. The second-order valence-corrected chi connectivity index (χ2v) is 7.44. The summed E-state index contributed by atoms with van der Waals surface area (Å²) in [6, 6.07) is 12.3. The zero-order valence-corrected chi connectivity index (χ0v) is 15.3. The van der Waals surface area contributed by atoms with Crippen LogP contribution in [0, 0.1) is 0 Å². The Kier molecular flexibility index (Phi) is 3.38. The van der Waals surface area contributed by atoms with E-state index in [-0.39, 0.29) is 18.2 Å². The maximum absolute atomic E-state index is 13.0. The van der Waals surface area contributed by atoms with E-state index in [0.29, 0.717) is 32.7 Å². The van der Waals surface area contributed by atoms with E-state index in [2.05, 4.69) is 15.7 Å². The number of fused-ring (bicyclic) bond motifs is 4. The molecule has 0 saturated heterocycles. The highest BCUT2D eigenvalue weighted by Crippen LogP contribution is 2.50. The van der Waals surface area contributed by atoms with Crippen molar-refractivity contribution >= 4 is 46.5 Å². The Morgan fingerprint density at radius 1 is 0.963 bits per heavy atom. The van der Waals surface area contributed by atoms with Crippen LogP contribution in [-0.2, 0) is 15.0 Å². The first kappa shape index (κ1) is 16.4. The van der Waals surface area contributed by atoms with Gasteiger partial charge in [0.2, 0.25) is 11.8 Å². The molecule has 2 N–H and O–H groups in total.